The Morgan fingerprint density at radius 3 is 2.76 bits per heavy atom. The second-order valence-corrected chi connectivity index (χ2v) is 9.12. The maximum absolute atomic E-state index is 9.32. The number of benzene rings is 2. The topological polar surface area (TPSA) is 82.1 Å². The quantitative estimate of drug-likeness (QED) is 0.222. The second-order valence-electron chi connectivity index (χ2n) is 9.12. The van der Waals surface area contributed by atoms with Crippen LogP contribution >= 0.6 is 0 Å². The first kappa shape index (κ1) is 20.4. The van der Waals surface area contributed by atoms with Gasteiger partial charge in [-0.15, -0.1) is 0 Å². The summed E-state index contributed by atoms with van der Waals surface area (Å²) in [6.07, 6.45) is 6.06. The Hall–Kier alpha value is -4.18. The molecule has 0 aliphatic carbocycles. The number of guanidine groups is 1. The molecule has 2 aliphatic heterocycles. The lowest BCUT2D eigenvalue weighted by atomic mass is 9.82. The molecule has 1 unspecified atom stereocenters. The average molecular weight is 448 g/mol. The highest BCUT2D eigenvalue weighted by Gasteiger charge is 2.46. The first-order valence-corrected chi connectivity index (χ1v) is 11.7. The summed E-state index contributed by atoms with van der Waals surface area (Å²) in [4.78, 5) is 11.6. The SMILES string of the molecule is N#CNC(=NCc1ccccc1)N1CCC2(CCn3nc(-c4cnc5ccccc5c4)cc32)C1. The second kappa shape index (κ2) is 8.31. The minimum Gasteiger partial charge on any atom is -0.341 e. The molecule has 1 N–H and O–H groups in total. The summed E-state index contributed by atoms with van der Waals surface area (Å²) in [5.41, 5.74) is 5.44. The van der Waals surface area contributed by atoms with E-state index in [2.05, 4.69) is 56.4 Å². The van der Waals surface area contributed by atoms with E-state index in [0.29, 0.717) is 12.5 Å². The molecule has 0 radical (unpaired) electrons. The third kappa shape index (κ3) is 3.57. The van der Waals surface area contributed by atoms with Crippen molar-refractivity contribution >= 4 is 16.9 Å². The normalized spacial score (nSPS) is 19.5. The Morgan fingerprint density at radius 2 is 1.88 bits per heavy atom. The van der Waals surface area contributed by atoms with Crippen LogP contribution in [-0.2, 0) is 18.5 Å². The van der Waals surface area contributed by atoms with E-state index in [1.165, 1.54) is 5.69 Å². The zero-order valence-electron chi connectivity index (χ0n) is 18.9. The van der Waals surface area contributed by atoms with E-state index in [4.69, 9.17) is 10.1 Å². The monoisotopic (exact) mass is 447 g/mol. The molecule has 0 bridgehead atoms. The van der Waals surface area contributed by atoms with Crippen molar-refractivity contribution in [3.05, 3.63) is 84.2 Å². The van der Waals surface area contributed by atoms with Crippen LogP contribution in [0, 0.1) is 11.5 Å². The fourth-order valence-electron chi connectivity index (χ4n) is 5.30. The van der Waals surface area contributed by atoms with Gasteiger partial charge >= 0.3 is 0 Å². The van der Waals surface area contributed by atoms with Crippen LogP contribution in [0.1, 0.15) is 24.1 Å². The summed E-state index contributed by atoms with van der Waals surface area (Å²) in [6, 6.07) is 22.7. The molecule has 2 aliphatic rings. The van der Waals surface area contributed by atoms with Crippen molar-refractivity contribution in [2.45, 2.75) is 31.3 Å². The van der Waals surface area contributed by atoms with Crippen LogP contribution in [0.5, 0.6) is 0 Å². The molecule has 4 aromatic rings. The Labute approximate surface area is 198 Å². The molecule has 4 heterocycles. The van der Waals surface area contributed by atoms with Gasteiger partial charge in [0.1, 0.15) is 0 Å². The molecule has 1 saturated heterocycles. The molecule has 6 rings (SSSR count). The van der Waals surface area contributed by atoms with Gasteiger partial charge in [0.15, 0.2) is 6.19 Å². The highest BCUT2D eigenvalue weighted by atomic mass is 15.3. The molecule has 0 saturated carbocycles. The molecule has 1 atom stereocenters. The number of likely N-dealkylation sites (tertiary alicyclic amines) is 1. The van der Waals surface area contributed by atoms with Crippen molar-refractivity contribution in [2.24, 2.45) is 4.99 Å². The number of aryl methyl sites for hydroxylation is 1. The van der Waals surface area contributed by atoms with Gasteiger partial charge in [-0.2, -0.15) is 10.4 Å². The van der Waals surface area contributed by atoms with E-state index in [9.17, 15) is 5.26 Å². The van der Waals surface area contributed by atoms with Crippen LogP contribution in [0.25, 0.3) is 22.2 Å². The number of para-hydroxylation sites is 1. The van der Waals surface area contributed by atoms with Crippen LogP contribution in [0.15, 0.2) is 77.9 Å². The Morgan fingerprint density at radius 1 is 1.06 bits per heavy atom. The predicted molar refractivity (Wildman–Crippen MR) is 132 cm³/mol. The van der Waals surface area contributed by atoms with E-state index >= 15 is 0 Å². The Kier molecular flexibility index (Phi) is 4.99. The zero-order chi connectivity index (χ0) is 23.0. The van der Waals surface area contributed by atoms with Crippen LogP contribution in [-0.4, -0.2) is 38.7 Å². The number of nitrogens with one attached hydrogen (secondary N) is 1. The van der Waals surface area contributed by atoms with Crippen molar-refractivity contribution < 1.29 is 0 Å². The summed E-state index contributed by atoms with van der Waals surface area (Å²) in [7, 11) is 0. The number of aliphatic imine (C=N–C) groups is 1. The summed E-state index contributed by atoms with van der Waals surface area (Å²) in [5, 5.41) is 18.2. The fraction of sp³-hybridized carbons (Fsp3) is 0.259. The van der Waals surface area contributed by atoms with E-state index in [1.54, 1.807) is 0 Å². The molecule has 1 fully saturated rings. The molecule has 2 aromatic carbocycles. The van der Waals surface area contributed by atoms with E-state index in [0.717, 1.165) is 60.2 Å². The lowest BCUT2D eigenvalue weighted by Crippen LogP contribution is -2.40. The largest absolute Gasteiger partial charge is 0.341 e. The third-order valence-corrected chi connectivity index (χ3v) is 7.09. The van der Waals surface area contributed by atoms with Gasteiger partial charge in [0, 0.05) is 47.9 Å². The standard InChI is InChI=1S/C27H25N7/c28-19-31-26(30-16-20-6-2-1-3-7-20)33-12-10-27(18-33)11-13-34-25(27)15-24(32-34)22-14-21-8-4-5-9-23(21)29-17-22/h1-9,14-15,17H,10-13,16,18H2,(H,30,31). The first-order valence-electron chi connectivity index (χ1n) is 11.7. The van der Waals surface area contributed by atoms with E-state index in [1.807, 2.05) is 42.6 Å². The van der Waals surface area contributed by atoms with Crippen molar-refractivity contribution in [2.75, 3.05) is 13.1 Å². The van der Waals surface area contributed by atoms with Crippen molar-refractivity contribution in [3.63, 3.8) is 0 Å². The fourth-order valence-corrected chi connectivity index (χ4v) is 5.30. The van der Waals surface area contributed by atoms with Gasteiger partial charge in [-0.1, -0.05) is 48.5 Å². The predicted octanol–water partition coefficient (Wildman–Crippen LogP) is 4.07. The lowest BCUT2D eigenvalue weighted by Gasteiger charge is -2.24. The van der Waals surface area contributed by atoms with Crippen LogP contribution in [0.3, 0.4) is 0 Å². The van der Waals surface area contributed by atoms with Gasteiger partial charge in [-0.05, 0) is 36.6 Å². The van der Waals surface area contributed by atoms with Crippen LogP contribution in [0.2, 0.25) is 0 Å². The Bertz CT molecular complexity index is 1420. The average Bonchev–Trinajstić information content (AvgIpc) is 3.59. The lowest BCUT2D eigenvalue weighted by molar-refractivity contribution is 0.414. The highest BCUT2D eigenvalue weighted by molar-refractivity contribution is 5.83. The molecular weight excluding hydrogens is 422 g/mol. The molecule has 2 aromatic heterocycles. The number of fused-ring (bicyclic) bond motifs is 3. The summed E-state index contributed by atoms with van der Waals surface area (Å²) < 4.78 is 2.16. The van der Waals surface area contributed by atoms with Gasteiger partial charge in [-0.3, -0.25) is 15.0 Å². The number of rotatable bonds is 3. The zero-order valence-corrected chi connectivity index (χ0v) is 18.9. The van der Waals surface area contributed by atoms with E-state index < -0.39 is 0 Å². The van der Waals surface area contributed by atoms with Gasteiger partial charge in [0.25, 0.3) is 0 Å². The van der Waals surface area contributed by atoms with E-state index in [-0.39, 0.29) is 5.41 Å². The highest BCUT2D eigenvalue weighted by Crippen LogP contribution is 2.43. The van der Waals surface area contributed by atoms with Gasteiger partial charge in [0.05, 0.1) is 17.8 Å². The molecule has 1 spiro atoms. The summed E-state index contributed by atoms with van der Waals surface area (Å²) in [6.45, 7) is 3.15. The summed E-state index contributed by atoms with van der Waals surface area (Å²) >= 11 is 0. The Balaban J connectivity index is 1.26. The number of pyridine rings is 1. The molecular formula is C27H25N7. The van der Waals surface area contributed by atoms with Crippen molar-refractivity contribution in [1.29, 1.82) is 5.26 Å². The minimum atomic E-state index is 0.0280. The molecule has 7 heteroatoms. The van der Waals surface area contributed by atoms with Crippen LogP contribution in [0.4, 0.5) is 0 Å². The van der Waals surface area contributed by atoms with Gasteiger partial charge < -0.3 is 4.90 Å². The van der Waals surface area contributed by atoms with Gasteiger partial charge in [-0.25, -0.2) is 4.99 Å². The maximum atomic E-state index is 9.32. The summed E-state index contributed by atoms with van der Waals surface area (Å²) in [5.74, 6) is 0.653. The third-order valence-electron chi connectivity index (χ3n) is 7.09. The van der Waals surface area contributed by atoms with Crippen molar-refractivity contribution in [1.82, 2.24) is 25.0 Å². The molecule has 168 valence electrons. The van der Waals surface area contributed by atoms with Gasteiger partial charge in [0.2, 0.25) is 5.96 Å². The molecule has 34 heavy (non-hydrogen) atoms. The number of hydrogen-bond acceptors (Lipinski definition) is 4. The minimum absolute atomic E-state index is 0.0280. The van der Waals surface area contributed by atoms with Crippen LogP contribution < -0.4 is 5.32 Å². The number of aromatic nitrogens is 3. The maximum Gasteiger partial charge on any atom is 0.207 e. The molecule has 0 amide bonds. The number of nitrogens with zero attached hydrogens (tertiary/aromatic N) is 6. The number of nitriles is 1. The smallest absolute Gasteiger partial charge is 0.207 e. The first-order chi connectivity index (χ1) is 16.7. The molecule has 7 nitrogen and oxygen atoms in total. The van der Waals surface area contributed by atoms with Crippen molar-refractivity contribution in [3.8, 4) is 17.5 Å². The number of hydrogen-bond donors (Lipinski definition) is 1.